The van der Waals surface area contributed by atoms with E-state index in [0.29, 0.717) is 6.04 Å². The lowest BCUT2D eigenvalue weighted by Gasteiger charge is -2.13. The van der Waals surface area contributed by atoms with Crippen LogP contribution in [0.3, 0.4) is 0 Å². The summed E-state index contributed by atoms with van der Waals surface area (Å²) >= 11 is 0. The zero-order chi connectivity index (χ0) is 27.6. The van der Waals surface area contributed by atoms with E-state index in [4.69, 9.17) is 14.6 Å². The molecule has 3 aromatic heterocycles. The van der Waals surface area contributed by atoms with Gasteiger partial charge < -0.3 is 9.47 Å². The molecule has 13 heteroatoms. The molecular formula is C26H25F4N5O3S. The van der Waals surface area contributed by atoms with Crippen LogP contribution in [0.25, 0.3) is 22.2 Å². The number of anilines is 1. The van der Waals surface area contributed by atoms with Crippen molar-refractivity contribution in [1.82, 2.24) is 19.7 Å². The Labute approximate surface area is 224 Å². The van der Waals surface area contributed by atoms with Gasteiger partial charge in [-0.05, 0) is 31.0 Å². The maximum atomic E-state index is 14.8. The van der Waals surface area contributed by atoms with Crippen LogP contribution < -0.4 is 14.2 Å². The van der Waals surface area contributed by atoms with E-state index < -0.39 is 28.7 Å². The Morgan fingerprint density at radius 1 is 1.15 bits per heavy atom. The van der Waals surface area contributed by atoms with Crippen LogP contribution in [-0.2, 0) is 17.6 Å². The average molecular weight is 564 g/mol. The van der Waals surface area contributed by atoms with Crippen LogP contribution in [0.15, 0.2) is 48.7 Å². The SMILES string of the molecule is COc1ncc(-c2nc(OCc3nn(C4CCCC4)c4ccccc34)ccc2F)cc1NS(=O)CC(F)(F)F. The molecule has 0 bridgehead atoms. The van der Waals surface area contributed by atoms with Gasteiger partial charge in [0.1, 0.15) is 46.2 Å². The molecule has 1 unspecified atom stereocenters. The highest BCUT2D eigenvalue weighted by Crippen LogP contribution is 2.34. The number of methoxy groups -OCH3 is 1. The van der Waals surface area contributed by atoms with E-state index in [0.717, 1.165) is 29.4 Å². The van der Waals surface area contributed by atoms with E-state index in [-0.39, 0.29) is 35.3 Å². The van der Waals surface area contributed by atoms with Crippen molar-refractivity contribution in [2.75, 3.05) is 17.6 Å². The normalized spacial score (nSPS) is 15.0. The third-order valence-corrected chi connectivity index (χ3v) is 7.41. The summed E-state index contributed by atoms with van der Waals surface area (Å²) in [6.45, 7) is 0.0996. The van der Waals surface area contributed by atoms with E-state index in [1.807, 2.05) is 24.3 Å². The van der Waals surface area contributed by atoms with Gasteiger partial charge >= 0.3 is 6.18 Å². The number of hydrogen-bond acceptors (Lipinski definition) is 6. The maximum absolute atomic E-state index is 14.8. The van der Waals surface area contributed by atoms with Gasteiger partial charge in [-0.25, -0.2) is 18.6 Å². The molecule has 1 N–H and O–H groups in total. The third-order valence-electron chi connectivity index (χ3n) is 6.37. The molecule has 0 saturated heterocycles. The Bertz CT molecular complexity index is 1500. The van der Waals surface area contributed by atoms with E-state index in [1.54, 1.807) is 0 Å². The fraction of sp³-hybridized carbons (Fsp3) is 0.346. The minimum Gasteiger partial charge on any atom is -0.480 e. The molecule has 1 atom stereocenters. The van der Waals surface area contributed by atoms with Crippen LogP contribution in [0.4, 0.5) is 23.2 Å². The summed E-state index contributed by atoms with van der Waals surface area (Å²) in [5.74, 6) is -2.27. The standard InChI is InChI=1S/C26H25F4N5O3S/c1-37-25-20(34-39(36)15-26(28,29)30)12-16(13-31-25)24-19(27)10-11-23(32-24)38-14-21-18-8-4-5-9-22(18)35(33-21)17-6-2-3-7-17/h4-5,8-13,17,34H,2-3,6-7,14-15H2,1H3. The first-order valence-corrected chi connectivity index (χ1v) is 13.6. The molecule has 0 radical (unpaired) electrons. The highest BCUT2D eigenvalue weighted by molar-refractivity contribution is 7.86. The molecular weight excluding hydrogens is 538 g/mol. The lowest BCUT2D eigenvalue weighted by molar-refractivity contribution is -0.105. The average Bonchev–Trinajstić information content (AvgIpc) is 3.55. The molecule has 206 valence electrons. The topological polar surface area (TPSA) is 91.2 Å². The van der Waals surface area contributed by atoms with Crippen molar-refractivity contribution < 1.29 is 31.2 Å². The van der Waals surface area contributed by atoms with Gasteiger partial charge in [0.15, 0.2) is 0 Å². The summed E-state index contributed by atoms with van der Waals surface area (Å²) in [4.78, 5) is 8.26. The number of pyridine rings is 2. The highest BCUT2D eigenvalue weighted by atomic mass is 32.2. The molecule has 5 rings (SSSR count). The molecule has 0 spiro atoms. The number of aromatic nitrogens is 4. The number of halogens is 4. The van der Waals surface area contributed by atoms with Crippen molar-refractivity contribution in [2.24, 2.45) is 0 Å². The molecule has 1 fully saturated rings. The monoisotopic (exact) mass is 563 g/mol. The molecule has 1 aliphatic rings. The van der Waals surface area contributed by atoms with Crippen LogP contribution in [0.2, 0.25) is 0 Å². The predicted molar refractivity (Wildman–Crippen MR) is 138 cm³/mol. The van der Waals surface area contributed by atoms with Crippen LogP contribution >= 0.6 is 0 Å². The van der Waals surface area contributed by atoms with Crippen molar-refractivity contribution in [1.29, 1.82) is 0 Å². The summed E-state index contributed by atoms with van der Waals surface area (Å²) in [7, 11) is -1.25. The van der Waals surface area contributed by atoms with Crippen LogP contribution in [0.5, 0.6) is 11.8 Å². The summed E-state index contributed by atoms with van der Waals surface area (Å²) in [5, 5.41) is 5.78. The molecule has 1 aromatic carbocycles. The van der Waals surface area contributed by atoms with Gasteiger partial charge in [0, 0.05) is 23.2 Å². The van der Waals surface area contributed by atoms with E-state index in [1.165, 1.54) is 44.3 Å². The first-order valence-electron chi connectivity index (χ1n) is 12.2. The number of rotatable bonds is 9. The Kier molecular flexibility index (Phi) is 7.69. The summed E-state index contributed by atoms with van der Waals surface area (Å²) in [6.07, 6.45) is 1.10. The van der Waals surface area contributed by atoms with E-state index >= 15 is 0 Å². The zero-order valence-electron chi connectivity index (χ0n) is 20.9. The molecule has 4 aromatic rings. The molecule has 39 heavy (non-hydrogen) atoms. The number of benzene rings is 1. The van der Waals surface area contributed by atoms with Crippen molar-refractivity contribution in [3.8, 4) is 23.0 Å². The lowest BCUT2D eigenvalue weighted by Crippen LogP contribution is -2.23. The van der Waals surface area contributed by atoms with Crippen molar-refractivity contribution in [3.05, 3.63) is 60.2 Å². The number of para-hydroxylation sites is 1. The second-order valence-electron chi connectivity index (χ2n) is 9.10. The number of nitrogens with one attached hydrogen (secondary N) is 1. The predicted octanol–water partition coefficient (Wildman–Crippen LogP) is 5.97. The van der Waals surface area contributed by atoms with Crippen molar-refractivity contribution in [3.63, 3.8) is 0 Å². The van der Waals surface area contributed by atoms with Gasteiger partial charge in [-0.1, -0.05) is 31.0 Å². The van der Waals surface area contributed by atoms with Gasteiger partial charge in [-0.15, -0.1) is 0 Å². The van der Waals surface area contributed by atoms with Crippen LogP contribution in [0.1, 0.15) is 37.4 Å². The van der Waals surface area contributed by atoms with Gasteiger partial charge in [-0.2, -0.15) is 18.3 Å². The number of ether oxygens (including phenoxy) is 2. The van der Waals surface area contributed by atoms with Gasteiger partial charge in [0.25, 0.3) is 0 Å². The van der Waals surface area contributed by atoms with Crippen LogP contribution in [-0.4, -0.2) is 43.0 Å². The largest absolute Gasteiger partial charge is 0.480 e. The zero-order valence-corrected chi connectivity index (χ0v) is 21.7. The molecule has 1 saturated carbocycles. The summed E-state index contributed by atoms with van der Waals surface area (Å²) in [5.41, 5.74) is 1.64. The van der Waals surface area contributed by atoms with Gasteiger partial charge in [-0.3, -0.25) is 9.40 Å². The molecule has 1 aliphatic carbocycles. The number of alkyl halides is 3. The molecule has 3 heterocycles. The Morgan fingerprint density at radius 3 is 2.67 bits per heavy atom. The number of nitrogens with zero attached hydrogens (tertiary/aromatic N) is 4. The number of hydrogen-bond donors (Lipinski definition) is 1. The fourth-order valence-electron chi connectivity index (χ4n) is 4.66. The smallest absolute Gasteiger partial charge is 0.402 e. The minimum absolute atomic E-state index is 0.0996. The van der Waals surface area contributed by atoms with Crippen LogP contribution in [0, 0.1) is 5.82 Å². The van der Waals surface area contributed by atoms with E-state index in [9.17, 15) is 21.8 Å². The second-order valence-corrected chi connectivity index (χ2v) is 10.3. The second kappa shape index (κ2) is 11.2. The Balaban J connectivity index is 1.39. The Hall–Kier alpha value is -3.74. The quantitative estimate of drug-likeness (QED) is 0.252. The molecule has 8 nitrogen and oxygen atoms in total. The maximum Gasteiger partial charge on any atom is 0.402 e. The number of fused-ring (bicyclic) bond motifs is 1. The van der Waals surface area contributed by atoms with Gasteiger partial charge in [0.05, 0.1) is 18.7 Å². The lowest BCUT2D eigenvalue weighted by atomic mass is 10.1. The first kappa shape index (κ1) is 26.9. The third kappa shape index (κ3) is 6.13. The van der Waals surface area contributed by atoms with E-state index in [2.05, 4.69) is 19.4 Å². The minimum atomic E-state index is -4.65. The summed E-state index contributed by atoms with van der Waals surface area (Å²) in [6, 6.07) is 12.1. The fourth-order valence-corrected chi connectivity index (χ4v) is 5.42. The van der Waals surface area contributed by atoms with Crippen molar-refractivity contribution >= 4 is 27.6 Å². The van der Waals surface area contributed by atoms with Gasteiger partial charge in [0.2, 0.25) is 11.8 Å². The first-order chi connectivity index (χ1) is 18.7. The Morgan fingerprint density at radius 2 is 1.92 bits per heavy atom. The molecule has 0 aliphatic heterocycles. The highest BCUT2D eigenvalue weighted by Gasteiger charge is 2.31. The molecule has 0 amide bonds. The summed E-state index contributed by atoms with van der Waals surface area (Å²) < 4.78 is 79.9. The van der Waals surface area contributed by atoms with Crippen molar-refractivity contribution in [2.45, 2.75) is 44.5 Å².